The average molecular weight is 254 g/mol. The van der Waals surface area contributed by atoms with Gasteiger partial charge in [0.25, 0.3) is 0 Å². The van der Waals surface area contributed by atoms with Crippen molar-refractivity contribution in [2.75, 3.05) is 11.4 Å². The van der Waals surface area contributed by atoms with E-state index in [9.17, 15) is 10.1 Å². The standard InChI is InChI=1S/C16H18N2O/c1-16(2,3)15(19)13(10-17)11-18-9-8-12-6-4-5-7-14(12)18/h4-7,11H,8-9H2,1-3H3. The van der Waals surface area contributed by atoms with Crippen LogP contribution in [0, 0.1) is 16.7 Å². The van der Waals surface area contributed by atoms with Crippen molar-refractivity contribution in [3.8, 4) is 6.07 Å². The molecule has 1 aromatic carbocycles. The van der Waals surface area contributed by atoms with Crippen LogP contribution in [-0.2, 0) is 11.2 Å². The number of allylic oxidation sites excluding steroid dienone is 1. The lowest BCUT2D eigenvalue weighted by atomic mass is 9.87. The molecule has 1 heterocycles. The second kappa shape index (κ2) is 4.89. The van der Waals surface area contributed by atoms with Gasteiger partial charge in [-0.15, -0.1) is 0 Å². The lowest BCUT2D eigenvalue weighted by molar-refractivity contribution is -0.122. The number of anilines is 1. The predicted octanol–water partition coefficient (Wildman–Crippen LogP) is 3.07. The maximum Gasteiger partial charge on any atom is 0.180 e. The van der Waals surface area contributed by atoms with Crippen molar-refractivity contribution in [3.63, 3.8) is 0 Å². The molecule has 0 unspecified atom stereocenters. The van der Waals surface area contributed by atoms with Gasteiger partial charge in [0, 0.05) is 23.8 Å². The maximum absolute atomic E-state index is 12.2. The minimum absolute atomic E-state index is 0.112. The van der Waals surface area contributed by atoms with Crippen LogP contribution in [0.3, 0.4) is 0 Å². The van der Waals surface area contributed by atoms with Crippen molar-refractivity contribution in [1.29, 1.82) is 5.26 Å². The molecule has 3 heteroatoms. The molecule has 0 amide bonds. The summed E-state index contributed by atoms with van der Waals surface area (Å²) in [6.07, 6.45) is 2.65. The number of carbonyl (C=O) groups is 1. The van der Waals surface area contributed by atoms with Gasteiger partial charge in [0.2, 0.25) is 0 Å². The Morgan fingerprint density at radius 1 is 1.37 bits per heavy atom. The average Bonchev–Trinajstić information content (AvgIpc) is 2.77. The summed E-state index contributed by atoms with van der Waals surface area (Å²) >= 11 is 0. The molecule has 98 valence electrons. The van der Waals surface area contributed by atoms with Gasteiger partial charge in [-0.2, -0.15) is 5.26 Å². The second-order valence-electron chi connectivity index (χ2n) is 5.81. The molecule has 1 aliphatic rings. The van der Waals surface area contributed by atoms with Crippen molar-refractivity contribution in [2.45, 2.75) is 27.2 Å². The topological polar surface area (TPSA) is 44.1 Å². The largest absolute Gasteiger partial charge is 0.346 e. The van der Waals surface area contributed by atoms with E-state index in [1.54, 1.807) is 6.20 Å². The summed E-state index contributed by atoms with van der Waals surface area (Å²) in [5.74, 6) is -0.112. The Balaban J connectivity index is 2.32. The molecule has 1 aromatic rings. The molecule has 0 saturated carbocycles. The van der Waals surface area contributed by atoms with Gasteiger partial charge in [0.15, 0.2) is 5.78 Å². The van der Waals surface area contributed by atoms with Crippen LogP contribution >= 0.6 is 0 Å². The highest BCUT2D eigenvalue weighted by Crippen LogP contribution is 2.29. The highest BCUT2D eigenvalue weighted by atomic mass is 16.1. The number of hydrogen-bond donors (Lipinski definition) is 0. The third-order valence-corrected chi connectivity index (χ3v) is 3.25. The number of rotatable bonds is 2. The minimum Gasteiger partial charge on any atom is -0.346 e. The molecule has 0 spiro atoms. The van der Waals surface area contributed by atoms with Crippen LogP contribution < -0.4 is 4.90 Å². The summed E-state index contributed by atoms with van der Waals surface area (Å²) in [6, 6.07) is 10.1. The van der Waals surface area contributed by atoms with Crippen molar-refractivity contribution in [1.82, 2.24) is 0 Å². The Morgan fingerprint density at radius 3 is 2.68 bits per heavy atom. The fraction of sp³-hybridized carbons (Fsp3) is 0.375. The van der Waals surface area contributed by atoms with Gasteiger partial charge in [0.1, 0.15) is 11.6 Å². The molecular formula is C16H18N2O. The Morgan fingerprint density at radius 2 is 2.05 bits per heavy atom. The number of benzene rings is 1. The van der Waals surface area contributed by atoms with E-state index in [-0.39, 0.29) is 11.4 Å². The van der Waals surface area contributed by atoms with Crippen LogP contribution in [-0.4, -0.2) is 12.3 Å². The number of nitrogens with zero attached hydrogens (tertiary/aromatic N) is 2. The lowest BCUT2D eigenvalue weighted by Gasteiger charge is -2.18. The lowest BCUT2D eigenvalue weighted by Crippen LogP contribution is -2.24. The zero-order chi connectivity index (χ0) is 14.0. The summed E-state index contributed by atoms with van der Waals surface area (Å²) < 4.78 is 0. The van der Waals surface area contributed by atoms with E-state index in [4.69, 9.17) is 0 Å². The van der Waals surface area contributed by atoms with E-state index >= 15 is 0 Å². The minimum atomic E-state index is -0.527. The van der Waals surface area contributed by atoms with Crippen molar-refractivity contribution in [3.05, 3.63) is 41.6 Å². The molecule has 0 aliphatic carbocycles. The summed E-state index contributed by atoms with van der Waals surface area (Å²) in [5.41, 5.74) is 2.06. The first-order chi connectivity index (χ1) is 8.93. The molecule has 3 nitrogen and oxygen atoms in total. The van der Waals surface area contributed by atoms with Crippen LogP contribution in [0.1, 0.15) is 26.3 Å². The van der Waals surface area contributed by atoms with Crippen molar-refractivity contribution in [2.24, 2.45) is 5.41 Å². The van der Waals surface area contributed by atoms with Gasteiger partial charge in [-0.1, -0.05) is 39.0 Å². The van der Waals surface area contributed by atoms with Gasteiger partial charge in [-0.25, -0.2) is 0 Å². The van der Waals surface area contributed by atoms with Gasteiger partial charge in [-0.3, -0.25) is 4.79 Å². The molecule has 0 aromatic heterocycles. The quantitative estimate of drug-likeness (QED) is 0.602. The zero-order valence-corrected chi connectivity index (χ0v) is 11.6. The predicted molar refractivity (Wildman–Crippen MR) is 75.7 cm³/mol. The first-order valence-electron chi connectivity index (χ1n) is 6.45. The number of hydrogen-bond acceptors (Lipinski definition) is 3. The van der Waals surface area contributed by atoms with E-state index in [2.05, 4.69) is 6.07 Å². The first kappa shape index (κ1) is 13.4. The van der Waals surface area contributed by atoms with E-state index in [0.29, 0.717) is 0 Å². The van der Waals surface area contributed by atoms with Crippen LogP contribution in [0.15, 0.2) is 36.0 Å². The molecule has 0 fully saturated rings. The van der Waals surface area contributed by atoms with Gasteiger partial charge in [0.05, 0.1) is 0 Å². The molecule has 0 saturated heterocycles. The van der Waals surface area contributed by atoms with Crippen LogP contribution in [0.25, 0.3) is 0 Å². The maximum atomic E-state index is 12.2. The number of Topliss-reactive ketones (excluding diaryl/α,β-unsaturated/α-hetero) is 1. The molecule has 0 bridgehead atoms. The van der Waals surface area contributed by atoms with E-state index in [0.717, 1.165) is 18.7 Å². The zero-order valence-electron chi connectivity index (χ0n) is 11.6. The Hall–Kier alpha value is -2.08. The number of carbonyl (C=O) groups excluding carboxylic acids is 1. The van der Waals surface area contributed by atoms with Crippen LogP contribution in [0.5, 0.6) is 0 Å². The SMILES string of the molecule is CC(C)(C)C(=O)C(C#N)=CN1CCc2ccccc21. The van der Waals surface area contributed by atoms with Crippen molar-refractivity contribution < 1.29 is 4.79 Å². The Labute approximate surface area is 114 Å². The van der Waals surface area contributed by atoms with Crippen LogP contribution in [0.4, 0.5) is 5.69 Å². The van der Waals surface area contributed by atoms with Gasteiger partial charge >= 0.3 is 0 Å². The van der Waals surface area contributed by atoms with E-state index < -0.39 is 5.41 Å². The first-order valence-corrected chi connectivity index (χ1v) is 6.45. The molecule has 2 rings (SSSR count). The molecule has 0 N–H and O–H groups in total. The molecule has 19 heavy (non-hydrogen) atoms. The smallest absolute Gasteiger partial charge is 0.180 e. The molecular weight excluding hydrogens is 236 g/mol. The second-order valence-corrected chi connectivity index (χ2v) is 5.81. The summed E-state index contributed by atoms with van der Waals surface area (Å²) in [5, 5.41) is 9.20. The van der Waals surface area contributed by atoms with Gasteiger partial charge in [-0.05, 0) is 18.1 Å². The number of nitriles is 1. The normalized spacial score (nSPS) is 15.1. The van der Waals surface area contributed by atoms with E-state index in [1.807, 2.05) is 49.9 Å². The number of ketones is 1. The molecule has 0 radical (unpaired) electrons. The van der Waals surface area contributed by atoms with Crippen molar-refractivity contribution >= 4 is 11.5 Å². The molecule has 1 aliphatic heterocycles. The summed E-state index contributed by atoms with van der Waals surface area (Å²) in [6.45, 7) is 6.32. The number of fused-ring (bicyclic) bond motifs is 1. The summed E-state index contributed by atoms with van der Waals surface area (Å²) in [7, 11) is 0. The highest BCUT2D eigenvalue weighted by Gasteiger charge is 2.26. The fourth-order valence-corrected chi connectivity index (χ4v) is 2.20. The number of para-hydroxylation sites is 1. The Kier molecular flexibility index (Phi) is 3.44. The monoisotopic (exact) mass is 254 g/mol. The highest BCUT2D eigenvalue weighted by molar-refractivity contribution is 6.02. The van der Waals surface area contributed by atoms with E-state index in [1.165, 1.54) is 5.56 Å². The molecule has 0 atom stereocenters. The van der Waals surface area contributed by atoms with Gasteiger partial charge < -0.3 is 4.90 Å². The summed E-state index contributed by atoms with van der Waals surface area (Å²) in [4.78, 5) is 14.2. The van der Waals surface area contributed by atoms with Crippen LogP contribution in [0.2, 0.25) is 0 Å². The fourth-order valence-electron chi connectivity index (χ4n) is 2.20. The third-order valence-electron chi connectivity index (χ3n) is 3.25. The Bertz CT molecular complexity index is 573. The third kappa shape index (κ3) is 2.68.